The summed E-state index contributed by atoms with van der Waals surface area (Å²) >= 11 is 5.92. The van der Waals surface area contributed by atoms with Crippen LogP contribution in [0.5, 0.6) is 0 Å². The molecule has 1 heterocycles. The van der Waals surface area contributed by atoms with Gasteiger partial charge in [-0.25, -0.2) is 0 Å². The van der Waals surface area contributed by atoms with Gasteiger partial charge in [0.1, 0.15) is 0 Å². The molecule has 0 saturated carbocycles. The zero-order valence-corrected chi connectivity index (χ0v) is 14.4. The van der Waals surface area contributed by atoms with Crippen molar-refractivity contribution in [3.05, 3.63) is 71.1 Å². The SMILES string of the molecule is O=C(NCCNC(=O)c1nc(-c2cccc(Cl)c2)no1)c1ccccc1. The Labute approximate surface area is 154 Å². The molecule has 7 nitrogen and oxygen atoms in total. The lowest BCUT2D eigenvalue weighted by Gasteiger charge is -2.05. The van der Waals surface area contributed by atoms with E-state index in [0.29, 0.717) is 16.1 Å². The van der Waals surface area contributed by atoms with Crippen molar-refractivity contribution in [1.82, 2.24) is 20.8 Å². The van der Waals surface area contributed by atoms with E-state index in [4.69, 9.17) is 16.1 Å². The van der Waals surface area contributed by atoms with E-state index in [2.05, 4.69) is 20.8 Å². The van der Waals surface area contributed by atoms with Crippen molar-refractivity contribution in [2.45, 2.75) is 0 Å². The summed E-state index contributed by atoms with van der Waals surface area (Å²) in [5.41, 5.74) is 1.21. The molecule has 26 heavy (non-hydrogen) atoms. The summed E-state index contributed by atoms with van der Waals surface area (Å²) in [6, 6.07) is 15.7. The lowest BCUT2D eigenvalue weighted by atomic mass is 10.2. The van der Waals surface area contributed by atoms with Crippen molar-refractivity contribution < 1.29 is 14.1 Å². The van der Waals surface area contributed by atoms with Gasteiger partial charge >= 0.3 is 11.8 Å². The van der Waals surface area contributed by atoms with Gasteiger partial charge in [-0.15, -0.1) is 0 Å². The maximum Gasteiger partial charge on any atom is 0.316 e. The molecule has 2 N–H and O–H groups in total. The van der Waals surface area contributed by atoms with Crippen molar-refractivity contribution >= 4 is 23.4 Å². The van der Waals surface area contributed by atoms with Crippen LogP contribution in [0.25, 0.3) is 11.4 Å². The molecule has 0 spiro atoms. The van der Waals surface area contributed by atoms with Crippen molar-refractivity contribution in [3.63, 3.8) is 0 Å². The Morgan fingerprint density at radius 2 is 1.69 bits per heavy atom. The maximum atomic E-state index is 12.0. The minimum Gasteiger partial charge on any atom is -0.350 e. The molecule has 0 saturated heterocycles. The molecular weight excluding hydrogens is 356 g/mol. The molecule has 1 aromatic heterocycles. The average Bonchev–Trinajstić information content (AvgIpc) is 3.16. The number of amides is 2. The lowest BCUT2D eigenvalue weighted by molar-refractivity contribution is 0.0898. The van der Waals surface area contributed by atoms with Gasteiger partial charge in [0.25, 0.3) is 5.91 Å². The fraction of sp³-hybridized carbons (Fsp3) is 0.111. The second kappa shape index (κ2) is 8.26. The Kier molecular flexibility index (Phi) is 5.60. The molecular formula is C18H15ClN4O3. The second-order valence-corrected chi connectivity index (χ2v) is 5.75. The molecule has 2 aromatic carbocycles. The maximum absolute atomic E-state index is 12.0. The summed E-state index contributed by atoms with van der Waals surface area (Å²) in [6.45, 7) is 0.501. The van der Waals surface area contributed by atoms with Crippen LogP contribution in [0.4, 0.5) is 0 Å². The normalized spacial score (nSPS) is 10.3. The zero-order valence-electron chi connectivity index (χ0n) is 13.6. The third kappa shape index (κ3) is 4.46. The van der Waals surface area contributed by atoms with E-state index in [-0.39, 0.29) is 30.7 Å². The highest BCUT2D eigenvalue weighted by molar-refractivity contribution is 6.30. The van der Waals surface area contributed by atoms with Crippen molar-refractivity contribution in [2.75, 3.05) is 13.1 Å². The molecule has 0 radical (unpaired) electrons. The minimum absolute atomic E-state index is 0.158. The van der Waals surface area contributed by atoms with Crippen LogP contribution < -0.4 is 10.6 Å². The van der Waals surface area contributed by atoms with Gasteiger partial charge in [0, 0.05) is 29.2 Å². The molecule has 8 heteroatoms. The first kappa shape index (κ1) is 17.6. The molecule has 0 aliphatic rings. The van der Waals surface area contributed by atoms with Crippen LogP contribution in [0.15, 0.2) is 59.1 Å². The van der Waals surface area contributed by atoms with Gasteiger partial charge in [-0.3, -0.25) is 9.59 Å². The highest BCUT2D eigenvalue weighted by Gasteiger charge is 2.16. The van der Waals surface area contributed by atoms with Crippen LogP contribution in [-0.2, 0) is 0 Å². The number of hydrogen-bond donors (Lipinski definition) is 2. The van der Waals surface area contributed by atoms with E-state index < -0.39 is 5.91 Å². The van der Waals surface area contributed by atoms with E-state index >= 15 is 0 Å². The number of carbonyl (C=O) groups excluding carboxylic acids is 2. The Morgan fingerprint density at radius 3 is 2.42 bits per heavy atom. The van der Waals surface area contributed by atoms with Crippen LogP contribution in [-0.4, -0.2) is 35.0 Å². The third-order valence-corrected chi connectivity index (χ3v) is 3.67. The Bertz CT molecular complexity index is 912. The molecule has 0 aliphatic heterocycles. The molecule has 0 unspecified atom stereocenters. The van der Waals surface area contributed by atoms with Crippen LogP contribution in [0, 0.1) is 0 Å². The minimum atomic E-state index is -0.514. The fourth-order valence-electron chi connectivity index (χ4n) is 2.18. The summed E-state index contributed by atoms with van der Waals surface area (Å²) in [7, 11) is 0. The average molecular weight is 371 g/mol. The largest absolute Gasteiger partial charge is 0.350 e. The molecule has 0 fully saturated rings. The third-order valence-electron chi connectivity index (χ3n) is 3.44. The van der Waals surface area contributed by atoms with Gasteiger partial charge in [0.05, 0.1) is 0 Å². The summed E-state index contributed by atoms with van der Waals surface area (Å²) in [5, 5.41) is 9.62. The quantitative estimate of drug-likeness (QED) is 0.650. The predicted octanol–water partition coefficient (Wildman–Crippen LogP) is 2.55. The number of carbonyl (C=O) groups is 2. The topological polar surface area (TPSA) is 97.1 Å². The highest BCUT2D eigenvalue weighted by Crippen LogP contribution is 2.19. The zero-order chi connectivity index (χ0) is 18.4. The first-order valence-corrected chi connectivity index (χ1v) is 8.22. The molecule has 3 rings (SSSR count). The van der Waals surface area contributed by atoms with Gasteiger partial charge in [0.2, 0.25) is 5.82 Å². The van der Waals surface area contributed by atoms with Crippen LogP contribution >= 0.6 is 11.6 Å². The number of nitrogens with one attached hydrogen (secondary N) is 2. The van der Waals surface area contributed by atoms with Crippen molar-refractivity contribution in [1.29, 1.82) is 0 Å². The van der Waals surface area contributed by atoms with Gasteiger partial charge < -0.3 is 15.2 Å². The van der Waals surface area contributed by atoms with E-state index in [1.54, 1.807) is 48.5 Å². The van der Waals surface area contributed by atoms with Gasteiger partial charge in [-0.05, 0) is 24.3 Å². The molecule has 132 valence electrons. The highest BCUT2D eigenvalue weighted by atomic mass is 35.5. The lowest BCUT2D eigenvalue weighted by Crippen LogP contribution is -2.34. The van der Waals surface area contributed by atoms with Crippen LogP contribution in [0.1, 0.15) is 21.0 Å². The number of halogens is 1. The first-order chi connectivity index (χ1) is 12.6. The monoisotopic (exact) mass is 370 g/mol. The van der Waals surface area contributed by atoms with E-state index in [1.807, 2.05) is 6.07 Å². The Morgan fingerprint density at radius 1 is 0.962 bits per heavy atom. The van der Waals surface area contributed by atoms with E-state index in [9.17, 15) is 9.59 Å². The summed E-state index contributed by atoms with van der Waals surface area (Å²) in [5.74, 6) is -0.606. The fourth-order valence-corrected chi connectivity index (χ4v) is 2.37. The number of rotatable bonds is 6. The van der Waals surface area contributed by atoms with Gasteiger partial charge in [-0.2, -0.15) is 4.98 Å². The predicted molar refractivity (Wildman–Crippen MR) is 95.9 cm³/mol. The van der Waals surface area contributed by atoms with Crippen LogP contribution in [0.2, 0.25) is 5.02 Å². The van der Waals surface area contributed by atoms with Gasteiger partial charge in [-0.1, -0.05) is 47.1 Å². The summed E-state index contributed by atoms with van der Waals surface area (Å²) in [6.07, 6.45) is 0. The first-order valence-electron chi connectivity index (χ1n) is 7.84. The van der Waals surface area contributed by atoms with Gasteiger partial charge in [0.15, 0.2) is 0 Å². The summed E-state index contributed by atoms with van der Waals surface area (Å²) < 4.78 is 4.96. The number of aromatic nitrogens is 2. The number of benzene rings is 2. The second-order valence-electron chi connectivity index (χ2n) is 5.31. The van der Waals surface area contributed by atoms with E-state index in [0.717, 1.165) is 0 Å². The van der Waals surface area contributed by atoms with Crippen molar-refractivity contribution in [3.8, 4) is 11.4 Å². The van der Waals surface area contributed by atoms with Crippen LogP contribution in [0.3, 0.4) is 0 Å². The Hall–Kier alpha value is -3.19. The molecule has 0 atom stereocenters. The summed E-state index contributed by atoms with van der Waals surface area (Å²) in [4.78, 5) is 27.9. The Balaban J connectivity index is 1.49. The number of nitrogens with zero attached hydrogens (tertiary/aromatic N) is 2. The number of hydrogen-bond acceptors (Lipinski definition) is 5. The molecule has 2 amide bonds. The molecule has 0 aliphatic carbocycles. The molecule has 3 aromatic rings. The smallest absolute Gasteiger partial charge is 0.316 e. The van der Waals surface area contributed by atoms with Crippen molar-refractivity contribution in [2.24, 2.45) is 0 Å². The standard InChI is InChI=1S/C18H15ClN4O3/c19-14-8-4-7-13(11-14)15-22-18(26-23-15)17(25)21-10-9-20-16(24)12-5-2-1-3-6-12/h1-8,11H,9-10H2,(H,20,24)(H,21,25). The van der Waals surface area contributed by atoms with E-state index in [1.165, 1.54) is 0 Å². The molecule has 0 bridgehead atoms.